The molecule has 1 heterocycles. The van der Waals surface area contributed by atoms with E-state index >= 15 is 0 Å². The van der Waals surface area contributed by atoms with E-state index in [9.17, 15) is 4.79 Å². The van der Waals surface area contributed by atoms with Crippen LogP contribution in [0.4, 0.5) is 11.4 Å². The van der Waals surface area contributed by atoms with Gasteiger partial charge in [-0.05, 0) is 36.6 Å². The summed E-state index contributed by atoms with van der Waals surface area (Å²) >= 11 is 0. The quantitative estimate of drug-likeness (QED) is 0.824. The number of fused-ring (bicyclic) bond motifs is 1. The maximum Gasteiger partial charge on any atom is 0.226 e. The van der Waals surface area contributed by atoms with Gasteiger partial charge in [-0.1, -0.05) is 36.4 Å². The van der Waals surface area contributed by atoms with Crippen LogP contribution in [-0.4, -0.2) is 5.91 Å². The Morgan fingerprint density at radius 1 is 1.10 bits per heavy atom. The summed E-state index contributed by atoms with van der Waals surface area (Å²) in [4.78, 5) is 12.1. The third kappa shape index (κ3) is 2.39. The second-order valence-electron chi connectivity index (χ2n) is 5.36. The van der Waals surface area contributed by atoms with E-state index in [1.807, 2.05) is 31.2 Å². The molecule has 0 radical (unpaired) electrons. The molecule has 3 rings (SSSR count). The molecule has 3 heteroatoms. The van der Waals surface area contributed by atoms with Crippen molar-refractivity contribution in [2.75, 3.05) is 10.6 Å². The molecule has 0 aromatic heterocycles. The van der Waals surface area contributed by atoms with Crippen molar-refractivity contribution < 1.29 is 4.79 Å². The number of hydrogen-bond donors (Lipinski definition) is 2. The Hall–Kier alpha value is -2.29. The van der Waals surface area contributed by atoms with Crippen LogP contribution in [0.3, 0.4) is 0 Å². The summed E-state index contributed by atoms with van der Waals surface area (Å²) in [6.07, 6.45) is 0.442. The number of benzene rings is 2. The summed E-state index contributed by atoms with van der Waals surface area (Å²) in [5.41, 5.74) is 5.35. The molecule has 0 saturated heterocycles. The first kappa shape index (κ1) is 12.7. The van der Waals surface area contributed by atoms with E-state index in [-0.39, 0.29) is 11.9 Å². The van der Waals surface area contributed by atoms with Crippen molar-refractivity contribution in [1.82, 2.24) is 0 Å². The van der Waals surface area contributed by atoms with Gasteiger partial charge in [0.1, 0.15) is 0 Å². The summed E-state index contributed by atoms with van der Waals surface area (Å²) in [5, 5.41) is 6.52. The zero-order valence-electron chi connectivity index (χ0n) is 11.7. The fraction of sp³-hybridized carbons (Fsp3) is 0.235. The molecule has 1 aliphatic rings. The molecule has 102 valence electrons. The van der Waals surface area contributed by atoms with E-state index < -0.39 is 0 Å². The van der Waals surface area contributed by atoms with Crippen molar-refractivity contribution >= 4 is 17.3 Å². The van der Waals surface area contributed by atoms with Gasteiger partial charge in [-0.15, -0.1) is 0 Å². The van der Waals surface area contributed by atoms with Crippen molar-refractivity contribution in [2.24, 2.45) is 0 Å². The number of hydrogen-bond acceptors (Lipinski definition) is 2. The van der Waals surface area contributed by atoms with Crippen LogP contribution < -0.4 is 10.6 Å². The first-order chi connectivity index (χ1) is 9.63. The lowest BCUT2D eigenvalue weighted by atomic mass is 10.0. The Kier molecular flexibility index (Phi) is 3.18. The molecule has 0 aliphatic carbocycles. The van der Waals surface area contributed by atoms with Gasteiger partial charge in [0.15, 0.2) is 0 Å². The van der Waals surface area contributed by atoms with Gasteiger partial charge >= 0.3 is 0 Å². The van der Waals surface area contributed by atoms with E-state index in [1.165, 1.54) is 0 Å². The third-order valence-electron chi connectivity index (χ3n) is 3.66. The van der Waals surface area contributed by atoms with E-state index in [0.717, 1.165) is 28.1 Å². The number of carbonyl (C=O) groups is 1. The maximum atomic E-state index is 12.1. The predicted molar refractivity (Wildman–Crippen MR) is 82.0 cm³/mol. The molecule has 2 aromatic rings. The summed E-state index contributed by atoms with van der Waals surface area (Å²) in [5.74, 6) is 0.0510. The molecule has 2 N–H and O–H groups in total. The molecule has 0 spiro atoms. The third-order valence-corrected chi connectivity index (χ3v) is 3.66. The average molecular weight is 266 g/mol. The lowest BCUT2D eigenvalue weighted by Crippen LogP contribution is -2.15. The average Bonchev–Trinajstić information content (AvgIpc) is 2.58. The fourth-order valence-corrected chi connectivity index (χ4v) is 2.76. The first-order valence-corrected chi connectivity index (χ1v) is 6.86. The molecular weight excluding hydrogens is 248 g/mol. The van der Waals surface area contributed by atoms with E-state index in [0.29, 0.717) is 6.42 Å². The van der Waals surface area contributed by atoms with Crippen molar-refractivity contribution in [3.63, 3.8) is 0 Å². The van der Waals surface area contributed by atoms with Crippen molar-refractivity contribution in [3.8, 4) is 0 Å². The molecular formula is C17H18N2O. The number of anilines is 2. The molecule has 3 nitrogen and oxygen atoms in total. The number of carbonyl (C=O) groups excluding carboxylic acids is 1. The van der Waals surface area contributed by atoms with Crippen molar-refractivity contribution in [1.29, 1.82) is 0 Å². The van der Waals surface area contributed by atoms with Gasteiger partial charge in [0, 0.05) is 0 Å². The highest BCUT2D eigenvalue weighted by Crippen LogP contribution is 2.35. The number of rotatable bonds is 1. The van der Waals surface area contributed by atoms with Crippen LogP contribution in [0.2, 0.25) is 0 Å². The van der Waals surface area contributed by atoms with Crippen LogP contribution in [0.5, 0.6) is 0 Å². The maximum absolute atomic E-state index is 12.1. The van der Waals surface area contributed by atoms with Crippen LogP contribution in [-0.2, 0) is 4.79 Å². The number of aryl methyl sites for hydroxylation is 2. The van der Waals surface area contributed by atoms with Crippen LogP contribution >= 0.6 is 0 Å². The minimum atomic E-state index is 0.0128. The van der Waals surface area contributed by atoms with E-state index in [2.05, 4.69) is 35.8 Å². The van der Waals surface area contributed by atoms with Gasteiger partial charge in [0.2, 0.25) is 5.91 Å². The Morgan fingerprint density at radius 2 is 1.85 bits per heavy atom. The van der Waals surface area contributed by atoms with Gasteiger partial charge in [-0.3, -0.25) is 4.79 Å². The van der Waals surface area contributed by atoms with Gasteiger partial charge in [0.25, 0.3) is 0 Å². The van der Waals surface area contributed by atoms with Crippen LogP contribution in [0.15, 0.2) is 42.5 Å². The van der Waals surface area contributed by atoms with Crippen LogP contribution in [0, 0.1) is 13.8 Å². The van der Waals surface area contributed by atoms with Gasteiger partial charge in [0.05, 0.1) is 23.8 Å². The van der Waals surface area contributed by atoms with Gasteiger partial charge in [-0.2, -0.15) is 0 Å². The second kappa shape index (κ2) is 5.00. The number of amides is 1. The predicted octanol–water partition coefficient (Wildman–Crippen LogP) is 3.80. The topological polar surface area (TPSA) is 41.1 Å². The molecule has 1 atom stereocenters. The molecule has 0 saturated carbocycles. The number of nitrogens with one attached hydrogen (secondary N) is 2. The molecule has 20 heavy (non-hydrogen) atoms. The SMILES string of the molecule is Cc1cc(C)c2c(c1)NC(=O)C[C@H](c1ccccc1)N2. The Bertz CT molecular complexity index is 650. The summed E-state index contributed by atoms with van der Waals surface area (Å²) in [6, 6.07) is 14.3. The first-order valence-electron chi connectivity index (χ1n) is 6.86. The summed E-state index contributed by atoms with van der Waals surface area (Å²) in [7, 11) is 0. The molecule has 1 amide bonds. The molecule has 1 aliphatic heterocycles. The summed E-state index contributed by atoms with van der Waals surface area (Å²) < 4.78 is 0. The highest BCUT2D eigenvalue weighted by atomic mass is 16.1. The lowest BCUT2D eigenvalue weighted by Gasteiger charge is -2.19. The van der Waals surface area contributed by atoms with Crippen LogP contribution in [0.25, 0.3) is 0 Å². The Balaban J connectivity index is 2.04. The van der Waals surface area contributed by atoms with Crippen LogP contribution in [0.1, 0.15) is 29.2 Å². The normalized spacial score (nSPS) is 17.7. The van der Waals surface area contributed by atoms with E-state index in [1.54, 1.807) is 0 Å². The highest BCUT2D eigenvalue weighted by Gasteiger charge is 2.23. The molecule has 0 fully saturated rings. The zero-order valence-corrected chi connectivity index (χ0v) is 11.7. The monoisotopic (exact) mass is 266 g/mol. The summed E-state index contributed by atoms with van der Waals surface area (Å²) in [6.45, 7) is 4.11. The van der Waals surface area contributed by atoms with Crippen molar-refractivity contribution in [3.05, 3.63) is 59.2 Å². The fourth-order valence-electron chi connectivity index (χ4n) is 2.76. The molecule has 0 unspecified atom stereocenters. The largest absolute Gasteiger partial charge is 0.376 e. The Labute approximate surface area is 119 Å². The molecule has 0 bridgehead atoms. The standard InChI is InChI=1S/C17H18N2O/c1-11-8-12(2)17-15(9-11)18-16(20)10-14(19-17)13-6-4-3-5-7-13/h3-9,14,19H,10H2,1-2H3,(H,18,20)/t14-/m1/s1. The Morgan fingerprint density at radius 3 is 2.60 bits per heavy atom. The molecule has 2 aromatic carbocycles. The smallest absolute Gasteiger partial charge is 0.226 e. The minimum absolute atomic E-state index is 0.0128. The second-order valence-corrected chi connectivity index (χ2v) is 5.36. The van der Waals surface area contributed by atoms with Gasteiger partial charge < -0.3 is 10.6 Å². The van der Waals surface area contributed by atoms with E-state index in [4.69, 9.17) is 0 Å². The zero-order chi connectivity index (χ0) is 14.1. The minimum Gasteiger partial charge on any atom is -0.376 e. The van der Waals surface area contributed by atoms with Gasteiger partial charge in [-0.25, -0.2) is 0 Å². The lowest BCUT2D eigenvalue weighted by molar-refractivity contribution is -0.116. The highest BCUT2D eigenvalue weighted by molar-refractivity contribution is 5.97. The van der Waals surface area contributed by atoms with Crippen molar-refractivity contribution in [2.45, 2.75) is 26.3 Å².